The summed E-state index contributed by atoms with van der Waals surface area (Å²) in [5.74, 6) is 0. The summed E-state index contributed by atoms with van der Waals surface area (Å²) in [7, 11) is 1.71. The highest BCUT2D eigenvalue weighted by Gasteiger charge is 2.11. The number of rotatable bonds is 6. The Balaban J connectivity index is 2.90. The van der Waals surface area contributed by atoms with Gasteiger partial charge in [0.05, 0.1) is 13.2 Å². The first-order valence-corrected chi connectivity index (χ1v) is 6.54. The van der Waals surface area contributed by atoms with Gasteiger partial charge in [0.2, 0.25) is 0 Å². The van der Waals surface area contributed by atoms with Crippen molar-refractivity contribution in [2.24, 2.45) is 0 Å². The van der Waals surface area contributed by atoms with Gasteiger partial charge in [0.25, 0.3) is 0 Å². The maximum atomic E-state index is 9.13. The van der Waals surface area contributed by atoms with Crippen LogP contribution < -0.4 is 4.90 Å². The van der Waals surface area contributed by atoms with Crippen molar-refractivity contribution in [1.29, 1.82) is 0 Å². The summed E-state index contributed by atoms with van der Waals surface area (Å²) in [6.07, 6.45) is 0. The third kappa shape index (κ3) is 3.98. The minimum absolute atomic E-state index is 0.0562. The van der Waals surface area contributed by atoms with Crippen LogP contribution in [0, 0.1) is 0 Å². The number of halogens is 1. The summed E-state index contributed by atoms with van der Waals surface area (Å²) >= 11 is 3.47. The van der Waals surface area contributed by atoms with Gasteiger partial charge in [0, 0.05) is 29.9 Å². The van der Waals surface area contributed by atoms with Crippen LogP contribution in [0.1, 0.15) is 19.4 Å². The topological polar surface area (TPSA) is 32.7 Å². The second-order valence-electron chi connectivity index (χ2n) is 4.21. The van der Waals surface area contributed by atoms with Gasteiger partial charge in [-0.1, -0.05) is 22.0 Å². The largest absolute Gasteiger partial charge is 0.392 e. The molecule has 1 N–H and O–H groups in total. The van der Waals surface area contributed by atoms with Crippen LogP contribution >= 0.6 is 15.9 Å². The van der Waals surface area contributed by atoms with Crippen molar-refractivity contribution in [3.8, 4) is 0 Å². The van der Waals surface area contributed by atoms with Gasteiger partial charge >= 0.3 is 0 Å². The monoisotopic (exact) mass is 301 g/mol. The summed E-state index contributed by atoms with van der Waals surface area (Å²) in [6, 6.07) is 6.44. The predicted octanol–water partition coefficient (Wildman–Crippen LogP) is 2.80. The van der Waals surface area contributed by atoms with E-state index in [1.54, 1.807) is 7.11 Å². The van der Waals surface area contributed by atoms with Crippen LogP contribution in [0.25, 0.3) is 0 Å². The zero-order chi connectivity index (χ0) is 12.8. The van der Waals surface area contributed by atoms with Gasteiger partial charge in [-0.3, -0.25) is 0 Å². The molecule has 17 heavy (non-hydrogen) atoms. The second kappa shape index (κ2) is 6.99. The number of benzene rings is 1. The summed E-state index contributed by atoms with van der Waals surface area (Å²) in [6.45, 7) is 5.93. The molecule has 0 fully saturated rings. The van der Waals surface area contributed by atoms with Gasteiger partial charge in [0.1, 0.15) is 0 Å². The van der Waals surface area contributed by atoms with E-state index < -0.39 is 0 Å². The van der Waals surface area contributed by atoms with E-state index in [1.807, 2.05) is 18.2 Å². The lowest BCUT2D eigenvalue weighted by atomic mass is 10.2. The molecule has 0 saturated heterocycles. The Labute approximate surface area is 112 Å². The zero-order valence-electron chi connectivity index (χ0n) is 10.6. The molecule has 0 saturated carbocycles. The molecule has 0 aliphatic carbocycles. The first-order valence-electron chi connectivity index (χ1n) is 5.75. The first kappa shape index (κ1) is 14.5. The SMILES string of the molecule is COCCN(c1ccc(CO)c(Br)c1)C(C)C. The maximum absolute atomic E-state index is 9.13. The number of hydrogen-bond donors (Lipinski definition) is 1. The van der Waals surface area contributed by atoms with E-state index in [4.69, 9.17) is 9.84 Å². The van der Waals surface area contributed by atoms with Gasteiger partial charge in [-0.25, -0.2) is 0 Å². The highest BCUT2D eigenvalue weighted by Crippen LogP contribution is 2.25. The average molecular weight is 302 g/mol. The predicted molar refractivity (Wildman–Crippen MR) is 74.4 cm³/mol. The first-order chi connectivity index (χ1) is 8.10. The third-order valence-electron chi connectivity index (χ3n) is 2.70. The lowest BCUT2D eigenvalue weighted by Gasteiger charge is -2.29. The normalized spacial score (nSPS) is 10.9. The Morgan fingerprint density at radius 1 is 1.41 bits per heavy atom. The fourth-order valence-corrected chi connectivity index (χ4v) is 2.21. The Morgan fingerprint density at radius 3 is 2.59 bits per heavy atom. The molecule has 3 nitrogen and oxygen atoms in total. The molecule has 0 aliphatic heterocycles. The minimum atomic E-state index is 0.0562. The molecule has 1 rings (SSSR count). The van der Waals surface area contributed by atoms with Crippen LogP contribution in [0.5, 0.6) is 0 Å². The molecule has 0 unspecified atom stereocenters. The number of aliphatic hydroxyl groups is 1. The van der Waals surface area contributed by atoms with Crippen molar-refractivity contribution in [2.45, 2.75) is 26.5 Å². The van der Waals surface area contributed by atoms with Crippen LogP contribution in [0.3, 0.4) is 0 Å². The van der Waals surface area contributed by atoms with E-state index in [-0.39, 0.29) is 6.61 Å². The molecule has 0 aromatic heterocycles. The number of ether oxygens (including phenoxy) is 1. The summed E-state index contributed by atoms with van der Waals surface area (Å²) in [4.78, 5) is 2.27. The van der Waals surface area contributed by atoms with Crippen molar-refractivity contribution in [2.75, 3.05) is 25.2 Å². The lowest BCUT2D eigenvalue weighted by Crippen LogP contribution is -2.33. The van der Waals surface area contributed by atoms with Crippen molar-refractivity contribution in [3.05, 3.63) is 28.2 Å². The molecule has 0 amide bonds. The van der Waals surface area contributed by atoms with E-state index in [0.717, 1.165) is 22.3 Å². The van der Waals surface area contributed by atoms with Crippen LogP contribution in [-0.4, -0.2) is 31.4 Å². The van der Waals surface area contributed by atoms with Gasteiger partial charge < -0.3 is 14.7 Å². The van der Waals surface area contributed by atoms with Crippen molar-refractivity contribution in [1.82, 2.24) is 0 Å². The van der Waals surface area contributed by atoms with E-state index in [9.17, 15) is 0 Å². The van der Waals surface area contributed by atoms with Gasteiger partial charge in [-0.05, 0) is 31.5 Å². The van der Waals surface area contributed by atoms with Gasteiger partial charge in [-0.2, -0.15) is 0 Å². The van der Waals surface area contributed by atoms with Gasteiger partial charge in [0.15, 0.2) is 0 Å². The van der Waals surface area contributed by atoms with Crippen LogP contribution in [0.2, 0.25) is 0 Å². The van der Waals surface area contributed by atoms with Crippen LogP contribution in [0.4, 0.5) is 5.69 Å². The number of anilines is 1. The molecular weight excluding hydrogens is 282 g/mol. The smallest absolute Gasteiger partial charge is 0.0692 e. The number of aliphatic hydroxyl groups excluding tert-OH is 1. The Hall–Kier alpha value is -0.580. The Kier molecular flexibility index (Phi) is 5.95. The highest BCUT2D eigenvalue weighted by molar-refractivity contribution is 9.10. The van der Waals surface area contributed by atoms with E-state index in [1.165, 1.54) is 0 Å². The van der Waals surface area contributed by atoms with E-state index in [0.29, 0.717) is 12.6 Å². The molecule has 96 valence electrons. The summed E-state index contributed by atoms with van der Waals surface area (Å²) < 4.78 is 6.07. The molecule has 0 atom stereocenters. The molecule has 4 heteroatoms. The van der Waals surface area contributed by atoms with Crippen LogP contribution in [0.15, 0.2) is 22.7 Å². The van der Waals surface area contributed by atoms with Crippen molar-refractivity contribution < 1.29 is 9.84 Å². The molecule has 0 radical (unpaired) electrons. The molecule has 1 aromatic rings. The Morgan fingerprint density at radius 2 is 2.12 bits per heavy atom. The molecule has 0 bridgehead atoms. The standard InChI is InChI=1S/C13H20BrNO2/c1-10(2)15(6-7-17-3)12-5-4-11(9-16)13(14)8-12/h4-5,8,10,16H,6-7,9H2,1-3H3. The zero-order valence-corrected chi connectivity index (χ0v) is 12.2. The summed E-state index contributed by atoms with van der Waals surface area (Å²) in [5, 5.41) is 9.13. The molecule has 0 aliphatic rings. The fourth-order valence-electron chi connectivity index (χ4n) is 1.72. The third-order valence-corrected chi connectivity index (χ3v) is 3.44. The maximum Gasteiger partial charge on any atom is 0.0692 e. The highest BCUT2D eigenvalue weighted by atomic mass is 79.9. The van der Waals surface area contributed by atoms with E-state index >= 15 is 0 Å². The molecule has 0 spiro atoms. The second-order valence-corrected chi connectivity index (χ2v) is 5.07. The number of nitrogens with zero attached hydrogens (tertiary/aromatic N) is 1. The number of methoxy groups -OCH3 is 1. The number of hydrogen-bond acceptors (Lipinski definition) is 3. The minimum Gasteiger partial charge on any atom is -0.392 e. The molecular formula is C13H20BrNO2. The van der Waals surface area contributed by atoms with Crippen LogP contribution in [-0.2, 0) is 11.3 Å². The molecule has 0 heterocycles. The van der Waals surface area contributed by atoms with Crippen molar-refractivity contribution >= 4 is 21.6 Å². The molecule has 1 aromatic carbocycles. The summed E-state index contributed by atoms with van der Waals surface area (Å²) in [5.41, 5.74) is 2.05. The quantitative estimate of drug-likeness (QED) is 0.877. The van der Waals surface area contributed by atoms with Crippen molar-refractivity contribution in [3.63, 3.8) is 0 Å². The fraction of sp³-hybridized carbons (Fsp3) is 0.538. The Bertz CT molecular complexity index is 355. The lowest BCUT2D eigenvalue weighted by molar-refractivity contribution is 0.204. The van der Waals surface area contributed by atoms with Gasteiger partial charge in [-0.15, -0.1) is 0 Å². The van der Waals surface area contributed by atoms with E-state index in [2.05, 4.69) is 34.7 Å². The average Bonchev–Trinajstić information content (AvgIpc) is 2.29.